The lowest BCUT2D eigenvalue weighted by Crippen LogP contribution is -2.49. The van der Waals surface area contributed by atoms with Gasteiger partial charge in [-0.15, -0.1) is 0 Å². The number of hydrogen-bond donors (Lipinski definition) is 1. The largest absolute Gasteiger partial charge is 0.444 e. The van der Waals surface area contributed by atoms with Gasteiger partial charge in [-0.2, -0.15) is 0 Å². The molecule has 1 aromatic carbocycles. The normalized spacial score (nSPS) is 18.1. The Labute approximate surface area is 178 Å². The first-order valence-electron chi connectivity index (χ1n) is 10.6. The molecule has 1 amide bonds. The van der Waals surface area contributed by atoms with E-state index in [1.54, 1.807) is 4.90 Å². The third kappa shape index (κ3) is 5.78. The zero-order valence-electron chi connectivity index (χ0n) is 18.5. The first-order valence-corrected chi connectivity index (χ1v) is 10.6. The number of carbonyl (C=O) groups excluding carboxylic acids is 1. The maximum atomic E-state index is 12.3. The van der Waals surface area contributed by atoms with Crippen LogP contribution in [0.15, 0.2) is 17.2 Å². The number of amides is 1. The second kappa shape index (κ2) is 9.55. The minimum Gasteiger partial charge on any atom is -0.444 e. The van der Waals surface area contributed by atoms with Crippen LogP contribution in [-0.4, -0.2) is 73.9 Å². The molecule has 2 heterocycles. The lowest BCUT2D eigenvalue weighted by atomic mass is 10.0. The SMILES string of the molecule is Cc1c(CN2CCN(C(=O)OC(C)(C)C)CC2)cc(N2CCNCC2)cc1N=[N+]=[N-]. The number of ether oxygens (including phenoxy) is 1. The first-order chi connectivity index (χ1) is 14.3. The van der Waals surface area contributed by atoms with Crippen LogP contribution in [-0.2, 0) is 11.3 Å². The Morgan fingerprint density at radius 1 is 1.17 bits per heavy atom. The van der Waals surface area contributed by atoms with Gasteiger partial charge in [0.1, 0.15) is 5.60 Å². The number of benzene rings is 1. The highest BCUT2D eigenvalue weighted by Crippen LogP contribution is 2.31. The van der Waals surface area contributed by atoms with Crippen molar-refractivity contribution in [3.63, 3.8) is 0 Å². The summed E-state index contributed by atoms with van der Waals surface area (Å²) in [7, 11) is 0. The van der Waals surface area contributed by atoms with Crippen LogP contribution in [0.5, 0.6) is 0 Å². The predicted molar refractivity (Wildman–Crippen MR) is 118 cm³/mol. The predicted octanol–water partition coefficient (Wildman–Crippen LogP) is 3.40. The molecule has 2 fully saturated rings. The van der Waals surface area contributed by atoms with Crippen LogP contribution in [0.1, 0.15) is 31.9 Å². The van der Waals surface area contributed by atoms with Gasteiger partial charge in [0.05, 0.1) is 0 Å². The van der Waals surface area contributed by atoms with Crippen molar-refractivity contribution in [3.05, 3.63) is 33.7 Å². The average molecular weight is 416 g/mol. The van der Waals surface area contributed by atoms with E-state index in [4.69, 9.17) is 10.3 Å². The van der Waals surface area contributed by atoms with Crippen LogP contribution in [0.25, 0.3) is 10.4 Å². The smallest absolute Gasteiger partial charge is 0.410 e. The molecule has 2 aliphatic rings. The third-order valence-electron chi connectivity index (χ3n) is 5.53. The number of anilines is 1. The highest BCUT2D eigenvalue weighted by atomic mass is 16.6. The molecule has 9 heteroatoms. The molecule has 2 aliphatic heterocycles. The lowest BCUT2D eigenvalue weighted by molar-refractivity contribution is 0.0139. The molecular weight excluding hydrogens is 382 g/mol. The van der Waals surface area contributed by atoms with Crippen LogP contribution in [0, 0.1) is 6.92 Å². The lowest BCUT2D eigenvalue weighted by Gasteiger charge is -2.36. The van der Waals surface area contributed by atoms with Gasteiger partial charge in [0.25, 0.3) is 0 Å². The molecule has 0 unspecified atom stereocenters. The summed E-state index contributed by atoms with van der Waals surface area (Å²) < 4.78 is 5.49. The number of carbonyl (C=O) groups is 1. The molecule has 9 nitrogen and oxygen atoms in total. The fourth-order valence-corrected chi connectivity index (χ4v) is 3.82. The van der Waals surface area contributed by atoms with Crippen molar-refractivity contribution < 1.29 is 9.53 Å². The Bertz CT molecular complexity index is 800. The maximum absolute atomic E-state index is 12.3. The third-order valence-corrected chi connectivity index (χ3v) is 5.53. The van der Waals surface area contributed by atoms with Crippen molar-refractivity contribution in [2.45, 2.75) is 39.8 Å². The summed E-state index contributed by atoms with van der Waals surface area (Å²) in [5.74, 6) is 0. The highest BCUT2D eigenvalue weighted by Gasteiger charge is 2.26. The van der Waals surface area contributed by atoms with E-state index in [0.29, 0.717) is 18.8 Å². The molecule has 0 spiro atoms. The summed E-state index contributed by atoms with van der Waals surface area (Å²) in [4.78, 5) is 21.8. The van der Waals surface area contributed by atoms with Crippen molar-refractivity contribution in [1.82, 2.24) is 15.1 Å². The number of azide groups is 1. The summed E-state index contributed by atoms with van der Waals surface area (Å²) in [6, 6.07) is 4.21. The van der Waals surface area contributed by atoms with Crippen LogP contribution >= 0.6 is 0 Å². The molecule has 3 rings (SSSR count). The van der Waals surface area contributed by atoms with Crippen LogP contribution in [0.3, 0.4) is 0 Å². The molecule has 1 aromatic rings. The van der Waals surface area contributed by atoms with Crippen molar-refractivity contribution >= 4 is 17.5 Å². The molecule has 2 saturated heterocycles. The van der Waals surface area contributed by atoms with Crippen LogP contribution < -0.4 is 10.2 Å². The average Bonchev–Trinajstić information content (AvgIpc) is 2.71. The quantitative estimate of drug-likeness (QED) is 0.462. The molecule has 0 aromatic heterocycles. The van der Waals surface area contributed by atoms with Gasteiger partial charge < -0.3 is 19.9 Å². The molecule has 0 radical (unpaired) electrons. The summed E-state index contributed by atoms with van der Waals surface area (Å²) >= 11 is 0. The second-order valence-corrected chi connectivity index (χ2v) is 8.92. The number of rotatable bonds is 4. The molecule has 164 valence electrons. The van der Waals surface area contributed by atoms with Gasteiger partial charge in [0.15, 0.2) is 0 Å². The van der Waals surface area contributed by atoms with Gasteiger partial charge in [-0.25, -0.2) is 4.79 Å². The van der Waals surface area contributed by atoms with Gasteiger partial charge in [-0.1, -0.05) is 5.11 Å². The summed E-state index contributed by atoms with van der Waals surface area (Å²) in [6.45, 7) is 15.1. The van der Waals surface area contributed by atoms with Gasteiger partial charge in [-0.3, -0.25) is 4.90 Å². The van der Waals surface area contributed by atoms with Crippen LogP contribution in [0.2, 0.25) is 0 Å². The van der Waals surface area contributed by atoms with E-state index < -0.39 is 5.60 Å². The van der Waals surface area contributed by atoms with Gasteiger partial charge in [-0.05, 0) is 56.5 Å². The minimum absolute atomic E-state index is 0.246. The fraction of sp³-hybridized carbons (Fsp3) is 0.667. The molecular formula is C21H33N7O2. The number of piperazine rings is 2. The Morgan fingerprint density at radius 3 is 2.43 bits per heavy atom. The molecule has 30 heavy (non-hydrogen) atoms. The highest BCUT2D eigenvalue weighted by molar-refractivity contribution is 5.68. The van der Waals surface area contributed by atoms with E-state index in [1.165, 1.54) is 5.56 Å². The van der Waals surface area contributed by atoms with E-state index in [9.17, 15) is 4.79 Å². The molecule has 0 atom stereocenters. The van der Waals surface area contributed by atoms with Gasteiger partial charge >= 0.3 is 6.09 Å². The Morgan fingerprint density at radius 2 is 1.83 bits per heavy atom. The van der Waals surface area contributed by atoms with Gasteiger partial charge in [0.2, 0.25) is 0 Å². The van der Waals surface area contributed by atoms with Crippen molar-refractivity contribution in [2.24, 2.45) is 5.11 Å². The van der Waals surface area contributed by atoms with E-state index in [-0.39, 0.29) is 6.09 Å². The Kier molecular flexibility index (Phi) is 7.07. The Balaban J connectivity index is 1.69. The summed E-state index contributed by atoms with van der Waals surface area (Å²) in [5, 5.41) is 7.30. The Hall–Kier alpha value is -2.48. The second-order valence-electron chi connectivity index (χ2n) is 8.92. The number of hydrogen-bond acceptors (Lipinski definition) is 6. The molecule has 0 bridgehead atoms. The minimum atomic E-state index is -0.479. The van der Waals surface area contributed by atoms with Crippen molar-refractivity contribution in [2.75, 3.05) is 57.3 Å². The van der Waals surface area contributed by atoms with Gasteiger partial charge in [0, 0.05) is 75.2 Å². The zero-order valence-corrected chi connectivity index (χ0v) is 18.5. The van der Waals surface area contributed by atoms with Crippen LogP contribution in [0.4, 0.5) is 16.2 Å². The van der Waals surface area contributed by atoms with Crippen molar-refractivity contribution in [3.8, 4) is 0 Å². The topological polar surface area (TPSA) is 96.8 Å². The molecule has 1 N–H and O–H groups in total. The standard InChI is InChI=1S/C21H33N7O2/c1-16-17(13-18(14-19(16)24-25-22)27-7-5-23-6-8-27)15-26-9-11-28(12-10-26)20(29)30-21(2,3)4/h13-14,23H,5-12,15H2,1-4H3. The monoisotopic (exact) mass is 415 g/mol. The number of nitrogens with zero attached hydrogens (tertiary/aromatic N) is 6. The summed E-state index contributed by atoms with van der Waals surface area (Å²) in [6.07, 6.45) is -0.246. The molecule has 0 aliphatic carbocycles. The molecule has 0 saturated carbocycles. The fourth-order valence-electron chi connectivity index (χ4n) is 3.82. The van der Waals surface area contributed by atoms with E-state index >= 15 is 0 Å². The van der Waals surface area contributed by atoms with E-state index in [1.807, 2.05) is 33.8 Å². The van der Waals surface area contributed by atoms with E-state index in [2.05, 4.69) is 31.2 Å². The van der Waals surface area contributed by atoms with E-state index in [0.717, 1.165) is 57.1 Å². The van der Waals surface area contributed by atoms with Crippen molar-refractivity contribution in [1.29, 1.82) is 0 Å². The summed E-state index contributed by atoms with van der Waals surface area (Å²) in [5.41, 5.74) is 12.5. The zero-order chi connectivity index (χ0) is 21.7. The first kappa shape index (κ1) is 22.2. The number of nitrogens with one attached hydrogen (secondary N) is 1. The maximum Gasteiger partial charge on any atom is 0.410 e.